The second-order valence-electron chi connectivity index (χ2n) is 10.5. The molecule has 0 atom stereocenters. The van der Waals surface area contributed by atoms with Crippen LogP contribution in [0.2, 0.25) is 0 Å². The van der Waals surface area contributed by atoms with Gasteiger partial charge < -0.3 is 0 Å². The van der Waals surface area contributed by atoms with E-state index in [4.69, 9.17) is 0 Å². The van der Waals surface area contributed by atoms with E-state index in [1.54, 1.807) is 12.1 Å². The summed E-state index contributed by atoms with van der Waals surface area (Å²) in [7, 11) is 0. The van der Waals surface area contributed by atoms with Crippen molar-refractivity contribution in [3.05, 3.63) is 70.0 Å². The first-order valence-electron chi connectivity index (χ1n) is 13.0. The van der Waals surface area contributed by atoms with Gasteiger partial charge in [-0.05, 0) is 110 Å². The summed E-state index contributed by atoms with van der Waals surface area (Å²) in [5.41, 5.74) is 1.53. The van der Waals surface area contributed by atoms with E-state index in [2.05, 4.69) is 0 Å². The third-order valence-corrected chi connectivity index (χ3v) is 8.39. The summed E-state index contributed by atoms with van der Waals surface area (Å²) in [6.45, 7) is 1.96. The van der Waals surface area contributed by atoms with Crippen molar-refractivity contribution < 1.29 is 22.0 Å². The standard InChI is InChI=1S/C29H35F5/c1-2-3-22-14-15-23(28(33)27(22)32)9-6-18-4-7-19(8-5-18)20-10-12-21(13-11-20)24-16-25(30)29(34)26(31)17-24/h14-21H,2-13H2,1H3. The van der Waals surface area contributed by atoms with Crippen LogP contribution in [0.4, 0.5) is 22.0 Å². The van der Waals surface area contributed by atoms with Crippen molar-refractivity contribution >= 4 is 0 Å². The highest BCUT2D eigenvalue weighted by atomic mass is 19.2. The highest BCUT2D eigenvalue weighted by molar-refractivity contribution is 5.27. The van der Waals surface area contributed by atoms with Crippen LogP contribution in [0.5, 0.6) is 0 Å². The molecule has 186 valence electrons. The Morgan fingerprint density at radius 1 is 0.647 bits per heavy atom. The molecule has 0 aliphatic heterocycles. The molecule has 5 heteroatoms. The normalized spacial score (nSPS) is 25.5. The van der Waals surface area contributed by atoms with Gasteiger partial charge in [-0.2, -0.15) is 0 Å². The van der Waals surface area contributed by atoms with E-state index in [-0.39, 0.29) is 5.92 Å². The van der Waals surface area contributed by atoms with E-state index >= 15 is 0 Å². The maximum absolute atomic E-state index is 14.4. The maximum Gasteiger partial charge on any atom is 0.194 e. The summed E-state index contributed by atoms with van der Waals surface area (Å²) < 4.78 is 69.1. The van der Waals surface area contributed by atoms with Crippen LogP contribution in [0, 0.1) is 46.8 Å². The molecule has 4 rings (SSSR count). The Morgan fingerprint density at radius 3 is 1.68 bits per heavy atom. The Labute approximate surface area is 200 Å². The number of hydrogen-bond acceptors (Lipinski definition) is 0. The molecule has 2 aromatic carbocycles. The molecular formula is C29H35F5. The van der Waals surface area contributed by atoms with Crippen molar-refractivity contribution in [2.45, 2.75) is 89.9 Å². The molecular weight excluding hydrogens is 443 g/mol. The average molecular weight is 479 g/mol. The van der Waals surface area contributed by atoms with Gasteiger partial charge >= 0.3 is 0 Å². The zero-order chi connectivity index (χ0) is 24.2. The van der Waals surface area contributed by atoms with Crippen LogP contribution >= 0.6 is 0 Å². The van der Waals surface area contributed by atoms with Gasteiger partial charge in [0, 0.05) is 0 Å². The van der Waals surface area contributed by atoms with E-state index in [1.165, 1.54) is 0 Å². The summed E-state index contributed by atoms with van der Waals surface area (Å²) in [6, 6.07) is 5.80. The van der Waals surface area contributed by atoms with Crippen LogP contribution in [0.15, 0.2) is 24.3 Å². The lowest BCUT2D eigenvalue weighted by atomic mass is 9.68. The molecule has 2 aliphatic rings. The number of halogens is 5. The number of hydrogen-bond donors (Lipinski definition) is 0. The molecule has 2 aromatic rings. The van der Waals surface area contributed by atoms with Gasteiger partial charge in [0.2, 0.25) is 0 Å². The van der Waals surface area contributed by atoms with Gasteiger partial charge in [-0.25, -0.2) is 22.0 Å². The Bertz CT molecular complexity index is 946. The van der Waals surface area contributed by atoms with Crippen molar-refractivity contribution in [3.8, 4) is 0 Å². The molecule has 0 nitrogen and oxygen atoms in total. The maximum atomic E-state index is 14.4. The second kappa shape index (κ2) is 11.2. The summed E-state index contributed by atoms with van der Waals surface area (Å²) in [4.78, 5) is 0. The van der Waals surface area contributed by atoms with Crippen molar-refractivity contribution in [1.29, 1.82) is 0 Å². The molecule has 0 radical (unpaired) electrons. The van der Waals surface area contributed by atoms with Gasteiger partial charge in [0.25, 0.3) is 0 Å². The van der Waals surface area contributed by atoms with E-state index in [1.807, 2.05) is 6.92 Å². The zero-order valence-corrected chi connectivity index (χ0v) is 20.0. The third kappa shape index (κ3) is 5.66. The Hall–Kier alpha value is -1.91. The minimum absolute atomic E-state index is 0.0937. The van der Waals surface area contributed by atoms with Crippen LogP contribution in [-0.2, 0) is 12.8 Å². The number of aryl methyl sites for hydroxylation is 2. The monoisotopic (exact) mass is 478 g/mol. The van der Waals surface area contributed by atoms with Gasteiger partial charge in [0.1, 0.15) is 0 Å². The minimum atomic E-state index is -1.39. The molecule has 0 amide bonds. The fraction of sp³-hybridized carbons (Fsp3) is 0.586. The molecule has 2 saturated carbocycles. The van der Waals surface area contributed by atoms with Crippen molar-refractivity contribution in [2.24, 2.45) is 17.8 Å². The van der Waals surface area contributed by atoms with Gasteiger partial charge in [-0.15, -0.1) is 0 Å². The highest BCUT2D eigenvalue weighted by Gasteiger charge is 2.32. The lowest BCUT2D eigenvalue weighted by Crippen LogP contribution is -2.25. The van der Waals surface area contributed by atoms with Crippen LogP contribution in [0.25, 0.3) is 0 Å². The first-order chi connectivity index (χ1) is 16.4. The Kier molecular flexibility index (Phi) is 8.31. The SMILES string of the molecule is CCCc1ccc(CCC2CCC(C3CCC(c4cc(F)c(F)c(F)c4)CC3)CC2)c(F)c1F. The fourth-order valence-corrected chi connectivity index (χ4v) is 6.33. The third-order valence-electron chi connectivity index (χ3n) is 8.39. The predicted octanol–water partition coefficient (Wildman–Crippen LogP) is 9.05. The zero-order valence-electron chi connectivity index (χ0n) is 20.0. The molecule has 0 unspecified atom stereocenters. The molecule has 0 spiro atoms. The first-order valence-corrected chi connectivity index (χ1v) is 13.0. The van der Waals surface area contributed by atoms with Gasteiger partial charge in [-0.3, -0.25) is 0 Å². The highest BCUT2D eigenvalue weighted by Crippen LogP contribution is 2.44. The lowest BCUT2D eigenvalue weighted by molar-refractivity contribution is 0.156. The minimum Gasteiger partial charge on any atom is -0.204 e. The van der Waals surface area contributed by atoms with Gasteiger partial charge in [0.15, 0.2) is 29.1 Å². The van der Waals surface area contributed by atoms with Crippen LogP contribution in [0.3, 0.4) is 0 Å². The molecule has 0 heterocycles. The molecule has 34 heavy (non-hydrogen) atoms. The van der Waals surface area contributed by atoms with E-state index in [0.717, 1.165) is 76.3 Å². The first kappa shape index (κ1) is 25.2. The lowest BCUT2D eigenvalue weighted by Gasteiger charge is -2.38. The fourth-order valence-electron chi connectivity index (χ4n) is 6.33. The van der Waals surface area contributed by atoms with Crippen molar-refractivity contribution in [3.63, 3.8) is 0 Å². The Balaban J connectivity index is 1.23. The Morgan fingerprint density at radius 2 is 1.15 bits per heavy atom. The van der Waals surface area contributed by atoms with Gasteiger partial charge in [0.05, 0.1) is 0 Å². The molecule has 0 N–H and O–H groups in total. The predicted molar refractivity (Wildman–Crippen MR) is 125 cm³/mol. The molecule has 2 aliphatic carbocycles. The van der Waals surface area contributed by atoms with Crippen molar-refractivity contribution in [1.82, 2.24) is 0 Å². The van der Waals surface area contributed by atoms with E-state index < -0.39 is 29.1 Å². The molecule has 0 saturated heterocycles. The molecule has 2 fully saturated rings. The topological polar surface area (TPSA) is 0 Å². The van der Waals surface area contributed by atoms with E-state index in [9.17, 15) is 22.0 Å². The smallest absolute Gasteiger partial charge is 0.194 e. The van der Waals surface area contributed by atoms with Crippen molar-refractivity contribution in [2.75, 3.05) is 0 Å². The number of benzene rings is 2. The largest absolute Gasteiger partial charge is 0.204 e. The second-order valence-corrected chi connectivity index (χ2v) is 10.5. The van der Waals surface area contributed by atoms with Crippen LogP contribution in [0.1, 0.15) is 93.7 Å². The van der Waals surface area contributed by atoms with Gasteiger partial charge in [-0.1, -0.05) is 38.3 Å². The van der Waals surface area contributed by atoms with E-state index in [0.29, 0.717) is 47.3 Å². The summed E-state index contributed by atoms with van der Waals surface area (Å²) in [5.74, 6) is -3.00. The van der Waals surface area contributed by atoms with Crippen LogP contribution < -0.4 is 0 Å². The molecule has 0 bridgehead atoms. The van der Waals surface area contributed by atoms with Crippen LogP contribution in [-0.4, -0.2) is 0 Å². The summed E-state index contributed by atoms with van der Waals surface area (Å²) in [5, 5.41) is 0. The quantitative estimate of drug-likeness (QED) is 0.275. The summed E-state index contributed by atoms with van der Waals surface area (Å²) >= 11 is 0. The molecule has 0 aromatic heterocycles. The number of rotatable bonds is 7. The summed E-state index contributed by atoms with van der Waals surface area (Å²) in [6.07, 6.45) is 11.2. The average Bonchev–Trinajstić information content (AvgIpc) is 2.85.